The molecule has 0 fully saturated rings. The van der Waals surface area contributed by atoms with E-state index >= 15 is 0 Å². The number of fused-ring (bicyclic) bond motifs is 1. The Morgan fingerprint density at radius 3 is 2.61 bits per heavy atom. The normalized spacial score (nSPS) is 11.7. The molecular weight excluding hydrogens is 332 g/mol. The summed E-state index contributed by atoms with van der Waals surface area (Å²) in [5, 5.41) is 1.02. The number of hydrogen-bond donors (Lipinski definition) is 1. The molecule has 0 aliphatic heterocycles. The van der Waals surface area contributed by atoms with Crippen molar-refractivity contribution < 1.29 is 13.2 Å². The lowest BCUT2D eigenvalue weighted by Crippen LogP contribution is -2.33. The van der Waals surface area contributed by atoms with Crippen molar-refractivity contribution in [3.05, 3.63) is 53.0 Å². The van der Waals surface area contributed by atoms with Crippen LogP contribution in [-0.2, 0) is 21.4 Å². The Labute approximate surface area is 138 Å². The third-order valence-corrected chi connectivity index (χ3v) is 6.41. The smallest absolute Gasteiger partial charge is 0.273 e. The second-order valence-corrected chi connectivity index (χ2v) is 8.52. The molecule has 1 aromatic carbocycles. The summed E-state index contributed by atoms with van der Waals surface area (Å²) in [6, 6.07) is 12.9. The molecule has 23 heavy (non-hydrogen) atoms. The van der Waals surface area contributed by atoms with Gasteiger partial charge in [-0.1, -0.05) is 18.2 Å². The fourth-order valence-electron chi connectivity index (χ4n) is 2.49. The lowest BCUT2D eigenvalue weighted by molar-refractivity contribution is -0.119. The van der Waals surface area contributed by atoms with Gasteiger partial charge in [-0.15, -0.1) is 11.3 Å². The van der Waals surface area contributed by atoms with Gasteiger partial charge in [-0.2, -0.15) is 0 Å². The first-order valence-corrected chi connectivity index (χ1v) is 9.34. The van der Waals surface area contributed by atoms with Crippen LogP contribution in [0.3, 0.4) is 0 Å². The molecule has 0 radical (unpaired) electrons. The number of nitrogens with zero attached hydrogens (tertiary/aromatic N) is 1. The van der Waals surface area contributed by atoms with E-state index in [0.717, 1.165) is 32.8 Å². The number of thiophene rings is 1. The molecule has 3 aromatic rings. The standard InChI is InChI=1S/C16H16N2O3S2/c1-11-9-13-5-3-4-6-14(13)18(11)10-15(19)17-23(20,21)16-8-7-12(2)22-16/h3-9H,10H2,1-2H3,(H,17,19). The van der Waals surface area contributed by atoms with Crippen LogP contribution < -0.4 is 4.72 Å². The van der Waals surface area contributed by atoms with Crippen LogP contribution in [0.1, 0.15) is 10.6 Å². The summed E-state index contributed by atoms with van der Waals surface area (Å²) in [6.45, 7) is 3.67. The first kappa shape index (κ1) is 15.8. The molecule has 1 amide bonds. The Balaban J connectivity index is 1.83. The number of para-hydroxylation sites is 1. The van der Waals surface area contributed by atoms with Crippen LogP contribution in [0.2, 0.25) is 0 Å². The van der Waals surface area contributed by atoms with Crippen molar-refractivity contribution in [2.75, 3.05) is 0 Å². The van der Waals surface area contributed by atoms with Crippen molar-refractivity contribution in [2.24, 2.45) is 0 Å². The summed E-state index contributed by atoms with van der Waals surface area (Å²) in [5.74, 6) is -0.555. The summed E-state index contributed by atoms with van der Waals surface area (Å²) in [7, 11) is -3.80. The molecule has 0 atom stereocenters. The highest BCUT2D eigenvalue weighted by Crippen LogP contribution is 2.21. The lowest BCUT2D eigenvalue weighted by atomic mass is 10.2. The maximum Gasteiger partial charge on any atom is 0.273 e. The second kappa shape index (κ2) is 5.82. The zero-order valence-corrected chi connectivity index (χ0v) is 14.4. The number of amides is 1. The van der Waals surface area contributed by atoms with Gasteiger partial charge in [-0.25, -0.2) is 13.1 Å². The van der Waals surface area contributed by atoms with E-state index in [0.29, 0.717) is 0 Å². The van der Waals surface area contributed by atoms with Crippen molar-refractivity contribution >= 4 is 38.2 Å². The molecule has 0 bridgehead atoms. The van der Waals surface area contributed by atoms with Gasteiger partial charge < -0.3 is 4.57 Å². The van der Waals surface area contributed by atoms with Crippen LogP contribution in [0.5, 0.6) is 0 Å². The Kier molecular flexibility index (Phi) is 3.99. The summed E-state index contributed by atoms with van der Waals surface area (Å²) in [5.41, 5.74) is 1.82. The van der Waals surface area contributed by atoms with E-state index < -0.39 is 15.9 Å². The number of hydrogen-bond acceptors (Lipinski definition) is 4. The van der Waals surface area contributed by atoms with Crippen LogP contribution in [0, 0.1) is 13.8 Å². The molecule has 0 unspecified atom stereocenters. The lowest BCUT2D eigenvalue weighted by Gasteiger charge is -2.09. The monoisotopic (exact) mass is 348 g/mol. The molecule has 2 heterocycles. The van der Waals surface area contributed by atoms with Gasteiger partial charge in [0.25, 0.3) is 15.9 Å². The molecule has 1 N–H and O–H groups in total. The number of nitrogens with one attached hydrogen (secondary N) is 1. The molecule has 3 rings (SSSR count). The van der Waals surface area contributed by atoms with Crippen molar-refractivity contribution in [3.8, 4) is 0 Å². The highest BCUT2D eigenvalue weighted by Gasteiger charge is 2.20. The summed E-state index contributed by atoms with van der Waals surface area (Å²) in [6.07, 6.45) is 0. The van der Waals surface area contributed by atoms with Gasteiger partial charge in [-0.3, -0.25) is 4.79 Å². The molecule has 0 aliphatic carbocycles. The van der Waals surface area contributed by atoms with E-state index in [1.165, 1.54) is 6.07 Å². The van der Waals surface area contributed by atoms with Crippen LogP contribution in [-0.4, -0.2) is 18.9 Å². The van der Waals surface area contributed by atoms with Crippen LogP contribution in [0.15, 0.2) is 46.7 Å². The Bertz CT molecular complexity index is 984. The minimum Gasteiger partial charge on any atom is -0.335 e. The average Bonchev–Trinajstić information content (AvgIpc) is 3.04. The molecular formula is C16H16N2O3S2. The molecule has 5 nitrogen and oxygen atoms in total. The van der Waals surface area contributed by atoms with Crippen molar-refractivity contribution in [3.63, 3.8) is 0 Å². The van der Waals surface area contributed by atoms with Crippen LogP contribution >= 0.6 is 11.3 Å². The number of benzene rings is 1. The van der Waals surface area contributed by atoms with Gasteiger partial charge in [-0.05, 0) is 43.5 Å². The maximum absolute atomic E-state index is 12.2. The minimum atomic E-state index is -3.80. The number of aromatic nitrogens is 1. The van der Waals surface area contributed by atoms with Crippen molar-refractivity contribution in [1.82, 2.24) is 9.29 Å². The number of rotatable bonds is 4. The predicted octanol–water partition coefficient (Wildman–Crippen LogP) is 2.82. The highest BCUT2D eigenvalue weighted by atomic mass is 32.2. The SMILES string of the molecule is Cc1ccc(S(=O)(=O)NC(=O)Cn2c(C)cc3ccccc32)s1. The highest BCUT2D eigenvalue weighted by molar-refractivity contribution is 7.92. The van der Waals surface area contributed by atoms with Gasteiger partial charge in [0.15, 0.2) is 0 Å². The molecule has 7 heteroatoms. The van der Waals surface area contributed by atoms with E-state index in [2.05, 4.69) is 4.72 Å². The average molecular weight is 348 g/mol. The quantitative estimate of drug-likeness (QED) is 0.788. The molecule has 0 aliphatic rings. The first-order valence-electron chi connectivity index (χ1n) is 7.04. The topological polar surface area (TPSA) is 68.2 Å². The largest absolute Gasteiger partial charge is 0.335 e. The summed E-state index contributed by atoms with van der Waals surface area (Å²) >= 11 is 1.14. The predicted molar refractivity (Wildman–Crippen MR) is 91.1 cm³/mol. The van der Waals surface area contributed by atoms with Gasteiger partial charge in [0, 0.05) is 16.1 Å². The van der Waals surface area contributed by atoms with Crippen molar-refractivity contribution in [1.29, 1.82) is 0 Å². The maximum atomic E-state index is 12.2. The van der Waals surface area contributed by atoms with E-state index in [1.807, 2.05) is 44.2 Å². The second-order valence-electron chi connectivity index (χ2n) is 5.32. The molecule has 0 spiro atoms. The fraction of sp³-hybridized carbons (Fsp3) is 0.188. The Morgan fingerprint density at radius 2 is 1.91 bits per heavy atom. The Morgan fingerprint density at radius 1 is 1.17 bits per heavy atom. The Hall–Kier alpha value is -2.12. The molecule has 0 saturated heterocycles. The van der Waals surface area contributed by atoms with Gasteiger partial charge >= 0.3 is 0 Å². The molecule has 2 aromatic heterocycles. The van der Waals surface area contributed by atoms with Gasteiger partial charge in [0.2, 0.25) is 0 Å². The third kappa shape index (κ3) is 3.16. The number of aryl methyl sites for hydroxylation is 2. The molecule has 0 saturated carbocycles. The van der Waals surface area contributed by atoms with Gasteiger partial charge in [0.1, 0.15) is 10.8 Å². The van der Waals surface area contributed by atoms with Crippen LogP contribution in [0.25, 0.3) is 10.9 Å². The summed E-state index contributed by atoms with van der Waals surface area (Å²) < 4.78 is 28.5. The fourth-order valence-corrected chi connectivity index (χ4v) is 4.75. The number of carbonyl (C=O) groups excluding carboxylic acids is 1. The summed E-state index contributed by atoms with van der Waals surface area (Å²) in [4.78, 5) is 13.1. The van der Waals surface area contributed by atoms with Crippen molar-refractivity contribution in [2.45, 2.75) is 24.6 Å². The van der Waals surface area contributed by atoms with Gasteiger partial charge in [0.05, 0.1) is 0 Å². The van der Waals surface area contributed by atoms with Crippen LogP contribution in [0.4, 0.5) is 0 Å². The molecule has 120 valence electrons. The first-order chi connectivity index (χ1) is 10.9. The van der Waals surface area contributed by atoms with E-state index in [4.69, 9.17) is 0 Å². The number of sulfonamides is 1. The van der Waals surface area contributed by atoms with E-state index in [1.54, 1.807) is 10.6 Å². The zero-order chi connectivity index (χ0) is 16.6. The van der Waals surface area contributed by atoms with E-state index in [9.17, 15) is 13.2 Å². The zero-order valence-electron chi connectivity index (χ0n) is 12.7. The number of carbonyl (C=O) groups is 1. The van der Waals surface area contributed by atoms with E-state index in [-0.39, 0.29) is 10.8 Å². The third-order valence-electron chi connectivity index (χ3n) is 3.55. The minimum absolute atomic E-state index is 0.0388.